The fraction of sp³-hybridized carbons (Fsp3) is 0.500. The van der Waals surface area contributed by atoms with Gasteiger partial charge in [0.1, 0.15) is 0 Å². The van der Waals surface area contributed by atoms with E-state index in [1.165, 1.54) is 7.05 Å². The summed E-state index contributed by atoms with van der Waals surface area (Å²) < 4.78 is 4.09. The minimum atomic E-state index is -0.308. The van der Waals surface area contributed by atoms with Crippen molar-refractivity contribution in [1.82, 2.24) is 5.32 Å². The molecule has 0 aromatic carbocycles. The van der Waals surface area contributed by atoms with Gasteiger partial charge in [-0.2, -0.15) is 0 Å². The minimum absolute atomic E-state index is 0.194. The van der Waals surface area contributed by atoms with E-state index in [-0.39, 0.29) is 19.0 Å². The normalized spacial score (nSPS) is 7.62. The third-order valence-corrected chi connectivity index (χ3v) is 0.561. The highest BCUT2D eigenvalue weighted by atomic mass is 16.5. The molecule has 0 atom stereocenters. The van der Waals surface area contributed by atoms with E-state index in [0.717, 1.165) is 0 Å². The van der Waals surface area contributed by atoms with Gasteiger partial charge in [-0.25, -0.2) is 0 Å². The van der Waals surface area contributed by atoms with E-state index in [1.54, 1.807) is 0 Å². The largest absolute Gasteiger partial charge is 0.458 e. The molecule has 4 nitrogen and oxygen atoms in total. The summed E-state index contributed by atoms with van der Waals surface area (Å²) in [5.41, 5.74) is 0. The molecule has 1 amide bonds. The molecule has 0 aromatic rings. The van der Waals surface area contributed by atoms with E-state index in [4.69, 9.17) is 0 Å². The fourth-order valence-electron chi connectivity index (χ4n) is 0.182. The SMILES string of the molecule is CNC(=O)COC=O. The summed E-state index contributed by atoms with van der Waals surface area (Å²) >= 11 is 0. The minimum Gasteiger partial charge on any atom is -0.458 e. The number of hydrogen-bond donors (Lipinski definition) is 1. The van der Waals surface area contributed by atoms with Crippen molar-refractivity contribution in [3.05, 3.63) is 0 Å². The van der Waals surface area contributed by atoms with Gasteiger partial charge in [-0.15, -0.1) is 0 Å². The number of nitrogens with one attached hydrogen (secondary N) is 1. The molecule has 0 aliphatic heterocycles. The number of hydrogen-bond acceptors (Lipinski definition) is 3. The maximum Gasteiger partial charge on any atom is 0.293 e. The summed E-state index contributed by atoms with van der Waals surface area (Å²) in [4.78, 5) is 19.6. The Morgan fingerprint density at radius 1 is 1.88 bits per heavy atom. The average molecular weight is 117 g/mol. The van der Waals surface area contributed by atoms with Crippen LogP contribution in [-0.4, -0.2) is 26.0 Å². The summed E-state index contributed by atoms with van der Waals surface area (Å²) in [5, 5.41) is 2.28. The van der Waals surface area contributed by atoms with Gasteiger partial charge in [0.05, 0.1) is 0 Å². The highest BCUT2D eigenvalue weighted by molar-refractivity contribution is 5.77. The molecule has 46 valence electrons. The maximum absolute atomic E-state index is 10.2. The van der Waals surface area contributed by atoms with Crippen LogP contribution in [0, 0.1) is 0 Å². The third kappa shape index (κ3) is 3.14. The second kappa shape index (κ2) is 4.11. The van der Waals surface area contributed by atoms with Crippen LogP contribution >= 0.6 is 0 Å². The Bertz CT molecular complexity index is 91.3. The number of amides is 1. The molecule has 0 unspecified atom stereocenters. The molecule has 0 rings (SSSR count). The van der Waals surface area contributed by atoms with Gasteiger partial charge in [0, 0.05) is 7.05 Å². The molecule has 0 saturated carbocycles. The van der Waals surface area contributed by atoms with Crippen molar-refractivity contribution < 1.29 is 14.3 Å². The fourth-order valence-corrected chi connectivity index (χ4v) is 0.182. The molecule has 0 saturated heterocycles. The maximum atomic E-state index is 10.2. The van der Waals surface area contributed by atoms with Crippen LogP contribution in [0.3, 0.4) is 0 Å². The molecule has 1 N–H and O–H groups in total. The van der Waals surface area contributed by atoms with Crippen LogP contribution in [-0.2, 0) is 14.3 Å². The smallest absolute Gasteiger partial charge is 0.293 e. The topological polar surface area (TPSA) is 55.4 Å². The van der Waals surface area contributed by atoms with Gasteiger partial charge in [-0.05, 0) is 0 Å². The van der Waals surface area contributed by atoms with Crippen molar-refractivity contribution in [2.75, 3.05) is 13.7 Å². The highest BCUT2D eigenvalue weighted by Crippen LogP contribution is 1.64. The molecule has 0 aliphatic carbocycles. The Hall–Kier alpha value is -1.06. The highest BCUT2D eigenvalue weighted by Gasteiger charge is 1.93. The van der Waals surface area contributed by atoms with Crippen molar-refractivity contribution >= 4 is 12.4 Å². The molecule has 0 radical (unpaired) electrons. The Morgan fingerprint density at radius 3 is 2.88 bits per heavy atom. The summed E-state index contributed by atoms with van der Waals surface area (Å²) in [6.07, 6.45) is 0. The monoisotopic (exact) mass is 117 g/mol. The lowest BCUT2D eigenvalue weighted by Crippen LogP contribution is -2.22. The first-order valence-electron chi connectivity index (χ1n) is 2.07. The average Bonchev–Trinajstić information content (AvgIpc) is 1.83. The van der Waals surface area contributed by atoms with Crippen LogP contribution in [0.25, 0.3) is 0 Å². The molecule has 8 heavy (non-hydrogen) atoms. The van der Waals surface area contributed by atoms with Gasteiger partial charge in [-0.3, -0.25) is 9.59 Å². The Labute approximate surface area is 46.8 Å². The van der Waals surface area contributed by atoms with Gasteiger partial charge in [-0.1, -0.05) is 0 Å². The molecule has 0 aliphatic rings. The van der Waals surface area contributed by atoms with Crippen molar-refractivity contribution in [2.24, 2.45) is 0 Å². The predicted octanol–water partition coefficient (Wildman–Crippen LogP) is -1.09. The lowest BCUT2D eigenvalue weighted by atomic mass is 10.7. The van der Waals surface area contributed by atoms with Gasteiger partial charge < -0.3 is 10.1 Å². The van der Waals surface area contributed by atoms with Crippen LogP contribution in [0.2, 0.25) is 0 Å². The van der Waals surface area contributed by atoms with Gasteiger partial charge in [0.25, 0.3) is 12.4 Å². The zero-order chi connectivity index (χ0) is 6.41. The van der Waals surface area contributed by atoms with E-state index in [2.05, 4.69) is 10.1 Å². The van der Waals surface area contributed by atoms with E-state index in [0.29, 0.717) is 0 Å². The molecule has 0 spiro atoms. The zero-order valence-electron chi connectivity index (χ0n) is 4.51. The van der Waals surface area contributed by atoms with Crippen LogP contribution in [0.5, 0.6) is 0 Å². The molecule has 0 bridgehead atoms. The number of ether oxygens (including phenoxy) is 1. The molecular weight excluding hydrogens is 110 g/mol. The van der Waals surface area contributed by atoms with Crippen LogP contribution < -0.4 is 5.32 Å². The van der Waals surface area contributed by atoms with Crippen molar-refractivity contribution in [1.29, 1.82) is 0 Å². The Kier molecular flexibility index (Phi) is 3.56. The lowest BCUT2D eigenvalue weighted by Gasteiger charge is -1.93. The molecule has 0 heterocycles. The van der Waals surface area contributed by atoms with Crippen molar-refractivity contribution in [2.45, 2.75) is 0 Å². The van der Waals surface area contributed by atoms with E-state index in [9.17, 15) is 9.59 Å². The number of rotatable bonds is 3. The van der Waals surface area contributed by atoms with E-state index < -0.39 is 0 Å². The molecular formula is C4H7NO3. The summed E-state index contributed by atoms with van der Waals surface area (Å²) in [6, 6.07) is 0. The lowest BCUT2D eigenvalue weighted by molar-refractivity contribution is -0.137. The van der Waals surface area contributed by atoms with Crippen LogP contribution in [0.4, 0.5) is 0 Å². The standard InChI is InChI=1S/C4H7NO3/c1-5-4(7)2-8-3-6/h3H,2H2,1H3,(H,5,7). The van der Waals surface area contributed by atoms with Gasteiger partial charge >= 0.3 is 0 Å². The predicted molar refractivity (Wildman–Crippen MR) is 26.1 cm³/mol. The zero-order valence-corrected chi connectivity index (χ0v) is 4.51. The van der Waals surface area contributed by atoms with Gasteiger partial charge in [0.15, 0.2) is 6.61 Å². The second-order valence-corrected chi connectivity index (χ2v) is 1.08. The molecule has 0 fully saturated rings. The van der Waals surface area contributed by atoms with Crippen LogP contribution in [0.15, 0.2) is 0 Å². The first-order chi connectivity index (χ1) is 3.81. The Morgan fingerprint density at radius 2 is 2.50 bits per heavy atom. The quantitative estimate of drug-likeness (QED) is 0.477. The summed E-state index contributed by atoms with van der Waals surface area (Å²) in [6.45, 7) is 0.0369. The third-order valence-electron chi connectivity index (χ3n) is 0.561. The number of likely N-dealkylation sites (N-methyl/N-ethyl adjacent to an activating group) is 1. The molecule has 4 heteroatoms. The second-order valence-electron chi connectivity index (χ2n) is 1.08. The van der Waals surface area contributed by atoms with E-state index >= 15 is 0 Å². The van der Waals surface area contributed by atoms with Crippen molar-refractivity contribution in [3.63, 3.8) is 0 Å². The van der Waals surface area contributed by atoms with Gasteiger partial charge in [0.2, 0.25) is 0 Å². The Balaban J connectivity index is 3.11. The van der Waals surface area contributed by atoms with Crippen LogP contribution in [0.1, 0.15) is 0 Å². The summed E-state index contributed by atoms with van der Waals surface area (Å²) in [7, 11) is 1.47. The first kappa shape index (κ1) is 6.94. The van der Waals surface area contributed by atoms with E-state index in [1.807, 2.05) is 0 Å². The summed E-state index contributed by atoms with van der Waals surface area (Å²) in [5.74, 6) is -0.308. The molecule has 0 aromatic heterocycles. The van der Waals surface area contributed by atoms with Crippen molar-refractivity contribution in [3.8, 4) is 0 Å². The number of carbonyl (C=O) groups excluding carboxylic acids is 2. The first-order valence-corrected chi connectivity index (χ1v) is 2.07. The number of carbonyl (C=O) groups is 2.